The van der Waals surface area contributed by atoms with Crippen molar-refractivity contribution in [3.8, 4) is 5.75 Å². The molecule has 2 aromatic rings. The summed E-state index contributed by atoms with van der Waals surface area (Å²) in [5.74, 6) is -1.67. The molecule has 0 atom stereocenters. The van der Waals surface area contributed by atoms with Crippen molar-refractivity contribution in [3.63, 3.8) is 0 Å². The van der Waals surface area contributed by atoms with Crippen LogP contribution in [0.4, 0.5) is 20.2 Å². The monoisotopic (exact) mass is 422 g/mol. The Balaban J connectivity index is 1.30. The summed E-state index contributed by atoms with van der Waals surface area (Å²) in [7, 11) is 0. The number of piperazine rings is 1. The second-order valence-corrected chi connectivity index (χ2v) is 7.14. The Morgan fingerprint density at radius 2 is 1.86 bits per heavy atom. The van der Waals surface area contributed by atoms with Gasteiger partial charge in [0, 0.05) is 37.9 Å². The number of esters is 1. The van der Waals surface area contributed by atoms with Crippen LogP contribution >= 0.6 is 11.6 Å². The third kappa shape index (κ3) is 4.09. The van der Waals surface area contributed by atoms with Gasteiger partial charge in [0.2, 0.25) is 5.91 Å². The van der Waals surface area contributed by atoms with Crippen LogP contribution in [0.1, 0.15) is 5.69 Å². The Morgan fingerprint density at radius 1 is 1.17 bits per heavy atom. The number of fused-ring (bicyclic) bond motifs is 1. The summed E-state index contributed by atoms with van der Waals surface area (Å²) in [4.78, 5) is 31.4. The lowest BCUT2D eigenvalue weighted by molar-refractivity contribution is -0.132. The van der Waals surface area contributed by atoms with E-state index in [9.17, 15) is 18.4 Å². The van der Waals surface area contributed by atoms with Gasteiger partial charge in [-0.05, 0) is 12.1 Å². The number of rotatable bonds is 4. The zero-order chi connectivity index (χ0) is 20.5. The summed E-state index contributed by atoms with van der Waals surface area (Å²) in [6.45, 7) is 1.79. The van der Waals surface area contributed by atoms with Crippen LogP contribution in [-0.2, 0) is 16.0 Å². The maximum Gasteiger partial charge on any atom is 0.317 e. The summed E-state index contributed by atoms with van der Waals surface area (Å²) in [5.41, 5.74) is 1.56. The van der Waals surface area contributed by atoms with Crippen molar-refractivity contribution < 1.29 is 23.1 Å². The fourth-order valence-electron chi connectivity index (χ4n) is 3.31. The molecule has 1 saturated heterocycles. The second-order valence-electron chi connectivity index (χ2n) is 6.76. The number of amides is 1. The highest BCUT2D eigenvalue weighted by atomic mass is 35.5. The van der Waals surface area contributed by atoms with E-state index in [2.05, 4.69) is 10.3 Å². The van der Waals surface area contributed by atoms with Crippen LogP contribution in [0, 0.1) is 11.6 Å². The van der Waals surface area contributed by atoms with E-state index in [1.165, 1.54) is 12.1 Å². The first-order valence-corrected chi connectivity index (χ1v) is 9.39. The highest BCUT2D eigenvalue weighted by Gasteiger charge is 2.24. The summed E-state index contributed by atoms with van der Waals surface area (Å²) in [5, 5.41) is 2.45. The maximum atomic E-state index is 13.7. The summed E-state index contributed by atoms with van der Waals surface area (Å²) in [6, 6.07) is 4.03. The van der Waals surface area contributed by atoms with E-state index >= 15 is 0 Å². The van der Waals surface area contributed by atoms with E-state index in [4.69, 9.17) is 16.3 Å². The molecule has 7 nitrogen and oxygen atoms in total. The minimum Gasteiger partial charge on any atom is -0.424 e. The van der Waals surface area contributed by atoms with E-state index in [0.717, 1.165) is 0 Å². The molecule has 1 amide bonds. The minimum absolute atomic E-state index is 0.0542. The minimum atomic E-state index is -0.807. The number of pyridine rings is 1. The number of aromatic nitrogens is 1. The van der Waals surface area contributed by atoms with Crippen molar-refractivity contribution in [1.29, 1.82) is 0 Å². The quantitative estimate of drug-likeness (QED) is 0.601. The van der Waals surface area contributed by atoms with Crippen molar-refractivity contribution in [2.24, 2.45) is 0 Å². The molecule has 2 aliphatic heterocycles. The van der Waals surface area contributed by atoms with Gasteiger partial charge < -0.3 is 19.9 Å². The van der Waals surface area contributed by atoms with Crippen LogP contribution in [0.3, 0.4) is 0 Å². The number of hydrogen-bond donors (Lipinski definition) is 1. The molecule has 1 aromatic heterocycles. The maximum absolute atomic E-state index is 13.7. The fourth-order valence-corrected chi connectivity index (χ4v) is 3.42. The molecule has 3 heterocycles. The Kier molecular flexibility index (Phi) is 5.23. The van der Waals surface area contributed by atoms with Gasteiger partial charge in [0.15, 0.2) is 5.75 Å². The molecule has 0 unspecified atom stereocenters. The Labute approximate surface area is 170 Å². The lowest BCUT2D eigenvalue weighted by Gasteiger charge is -2.36. The van der Waals surface area contributed by atoms with Crippen molar-refractivity contribution in [2.75, 3.05) is 42.9 Å². The normalized spacial score (nSPS) is 15.9. The van der Waals surface area contributed by atoms with Gasteiger partial charge in [-0.25, -0.2) is 8.78 Å². The van der Waals surface area contributed by atoms with Gasteiger partial charge in [0.1, 0.15) is 16.7 Å². The Morgan fingerprint density at radius 3 is 2.55 bits per heavy atom. The molecule has 0 aliphatic carbocycles. The number of nitrogens with one attached hydrogen (secondary N) is 1. The van der Waals surface area contributed by atoms with E-state index in [-0.39, 0.29) is 24.8 Å². The molecule has 0 spiro atoms. The number of ether oxygens (including phenoxy) is 1. The Hall–Kier alpha value is -2.94. The van der Waals surface area contributed by atoms with Gasteiger partial charge in [-0.1, -0.05) is 11.6 Å². The summed E-state index contributed by atoms with van der Waals surface area (Å²) in [6.07, 6.45) is 1.70. The van der Waals surface area contributed by atoms with Crippen molar-refractivity contribution in [2.45, 2.75) is 6.42 Å². The fraction of sp³-hybridized carbons (Fsp3) is 0.316. The van der Waals surface area contributed by atoms with Crippen LogP contribution in [0.5, 0.6) is 5.75 Å². The molecular weight excluding hydrogens is 406 g/mol. The third-order valence-electron chi connectivity index (χ3n) is 4.88. The third-order valence-corrected chi connectivity index (χ3v) is 5.24. The first-order valence-electron chi connectivity index (χ1n) is 9.01. The van der Waals surface area contributed by atoms with Crippen LogP contribution in [0.25, 0.3) is 0 Å². The van der Waals surface area contributed by atoms with Gasteiger partial charge in [0.25, 0.3) is 0 Å². The smallest absolute Gasteiger partial charge is 0.317 e. The van der Waals surface area contributed by atoms with Gasteiger partial charge in [-0.15, -0.1) is 0 Å². The van der Waals surface area contributed by atoms with E-state index in [0.29, 0.717) is 49.0 Å². The lowest BCUT2D eigenvalue weighted by Crippen LogP contribution is -2.50. The average molecular weight is 423 g/mol. The molecular formula is C19H17ClF2N4O3. The molecule has 10 heteroatoms. The second kappa shape index (κ2) is 7.82. The molecule has 1 fully saturated rings. The number of hydrogen-bond acceptors (Lipinski definition) is 6. The molecule has 0 radical (unpaired) electrons. The van der Waals surface area contributed by atoms with Gasteiger partial charge in [0.05, 0.1) is 30.5 Å². The topological polar surface area (TPSA) is 74.8 Å². The predicted octanol–water partition coefficient (Wildman–Crippen LogP) is 2.24. The van der Waals surface area contributed by atoms with Crippen LogP contribution in [0.15, 0.2) is 24.4 Å². The molecule has 0 saturated carbocycles. The standard InChI is InChI=1S/C19H17ClF2N4O3/c20-19-13(21)6-12(7-14(19)22)25-1-3-26(4-2-25)17(27)10-23-11-5-16-15(24-9-11)8-18(28)29-16/h5-7,9,23H,1-4,8,10H2. The molecule has 0 bridgehead atoms. The summed E-state index contributed by atoms with van der Waals surface area (Å²) >= 11 is 5.52. The van der Waals surface area contributed by atoms with E-state index in [1.807, 2.05) is 0 Å². The number of halogens is 3. The average Bonchev–Trinajstić information content (AvgIpc) is 3.09. The molecule has 1 N–H and O–H groups in total. The number of anilines is 2. The first-order chi connectivity index (χ1) is 13.9. The number of carbonyl (C=O) groups excluding carboxylic acids is 2. The Bertz CT molecular complexity index is 957. The van der Waals surface area contributed by atoms with Gasteiger partial charge >= 0.3 is 5.97 Å². The molecule has 29 heavy (non-hydrogen) atoms. The molecule has 1 aromatic carbocycles. The predicted molar refractivity (Wildman–Crippen MR) is 102 cm³/mol. The van der Waals surface area contributed by atoms with Crippen molar-refractivity contribution in [1.82, 2.24) is 9.88 Å². The zero-order valence-corrected chi connectivity index (χ0v) is 16.0. The lowest BCUT2D eigenvalue weighted by atomic mass is 10.2. The largest absolute Gasteiger partial charge is 0.424 e. The van der Waals surface area contributed by atoms with Crippen LogP contribution in [0.2, 0.25) is 5.02 Å². The van der Waals surface area contributed by atoms with Crippen molar-refractivity contribution in [3.05, 3.63) is 46.7 Å². The number of carbonyl (C=O) groups is 2. The summed E-state index contributed by atoms with van der Waals surface area (Å²) < 4.78 is 32.4. The molecule has 4 rings (SSSR count). The highest BCUT2D eigenvalue weighted by Crippen LogP contribution is 2.27. The van der Waals surface area contributed by atoms with Crippen LogP contribution in [-0.4, -0.2) is 54.5 Å². The van der Waals surface area contributed by atoms with Gasteiger partial charge in [-0.3, -0.25) is 14.6 Å². The van der Waals surface area contributed by atoms with Crippen molar-refractivity contribution >= 4 is 34.9 Å². The van der Waals surface area contributed by atoms with Gasteiger partial charge in [-0.2, -0.15) is 0 Å². The molecule has 2 aliphatic rings. The highest BCUT2D eigenvalue weighted by molar-refractivity contribution is 6.31. The van der Waals surface area contributed by atoms with E-state index < -0.39 is 16.7 Å². The number of benzene rings is 1. The molecule has 152 valence electrons. The van der Waals surface area contributed by atoms with Crippen LogP contribution < -0.4 is 15.0 Å². The SMILES string of the molecule is O=C1Cc2ncc(NCC(=O)N3CCN(c4cc(F)c(Cl)c(F)c4)CC3)cc2O1. The number of nitrogens with zero attached hydrogens (tertiary/aromatic N) is 3. The first kappa shape index (κ1) is 19.4. The van der Waals surface area contributed by atoms with E-state index in [1.54, 1.807) is 22.1 Å². The zero-order valence-electron chi connectivity index (χ0n) is 15.3.